The molecular weight excluding hydrogens is 262 g/mol. The number of benzene rings is 1. The molecule has 3 rings (SSSR count). The number of nitrogens with zero attached hydrogens (tertiary/aromatic N) is 1. The zero-order chi connectivity index (χ0) is 15.2. The van der Waals surface area contributed by atoms with Crippen LogP contribution in [0.5, 0.6) is 5.75 Å². The molecule has 3 heteroatoms. The van der Waals surface area contributed by atoms with E-state index in [2.05, 4.69) is 38.1 Å². The molecule has 2 aliphatic carbocycles. The Morgan fingerprint density at radius 3 is 2.76 bits per heavy atom. The molecule has 21 heavy (non-hydrogen) atoms. The third-order valence-corrected chi connectivity index (χ3v) is 5.46. The van der Waals surface area contributed by atoms with Crippen molar-refractivity contribution in [2.75, 3.05) is 27.7 Å². The highest BCUT2D eigenvalue weighted by atomic mass is 16.5. The molecule has 2 saturated carbocycles. The lowest BCUT2D eigenvalue weighted by molar-refractivity contribution is -0.0755. The van der Waals surface area contributed by atoms with Crippen LogP contribution in [0.15, 0.2) is 18.2 Å². The van der Waals surface area contributed by atoms with Gasteiger partial charge in [0.2, 0.25) is 0 Å². The molecule has 0 spiro atoms. The topological polar surface area (TPSA) is 32.7 Å². The molecule has 3 nitrogen and oxygen atoms in total. The number of aliphatic hydroxyl groups is 1. The summed E-state index contributed by atoms with van der Waals surface area (Å²) in [5.74, 6) is 2.30. The van der Waals surface area contributed by atoms with Gasteiger partial charge in [0.05, 0.1) is 12.7 Å². The van der Waals surface area contributed by atoms with Gasteiger partial charge in [0.25, 0.3) is 0 Å². The van der Waals surface area contributed by atoms with Crippen molar-refractivity contribution in [3.8, 4) is 5.75 Å². The van der Waals surface area contributed by atoms with Gasteiger partial charge in [0.1, 0.15) is 5.75 Å². The highest BCUT2D eigenvalue weighted by Crippen LogP contribution is 2.61. The van der Waals surface area contributed by atoms with Crippen LogP contribution in [0.4, 0.5) is 0 Å². The van der Waals surface area contributed by atoms with Crippen LogP contribution < -0.4 is 4.74 Å². The van der Waals surface area contributed by atoms with Crippen molar-refractivity contribution in [2.24, 2.45) is 17.8 Å². The summed E-state index contributed by atoms with van der Waals surface area (Å²) in [7, 11) is 5.88. The summed E-state index contributed by atoms with van der Waals surface area (Å²) in [6.45, 7) is 3.04. The van der Waals surface area contributed by atoms with Gasteiger partial charge < -0.3 is 14.7 Å². The fourth-order valence-corrected chi connectivity index (χ4v) is 4.29. The Kier molecular flexibility index (Phi) is 3.74. The zero-order valence-corrected chi connectivity index (χ0v) is 13.6. The van der Waals surface area contributed by atoms with Gasteiger partial charge >= 0.3 is 0 Å². The van der Waals surface area contributed by atoms with Gasteiger partial charge in [-0.3, -0.25) is 0 Å². The molecule has 2 aliphatic rings. The van der Waals surface area contributed by atoms with Crippen molar-refractivity contribution in [2.45, 2.75) is 31.8 Å². The van der Waals surface area contributed by atoms with E-state index in [9.17, 15) is 5.11 Å². The summed E-state index contributed by atoms with van der Waals surface area (Å²) in [5.41, 5.74) is 1.57. The first-order chi connectivity index (χ1) is 9.96. The monoisotopic (exact) mass is 289 g/mol. The highest BCUT2D eigenvalue weighted by molar-refractivity contribution is 5.41. The van der Waals surface area contributed by atoms with Crippen LogP contribution >= 0.6 is 0 Å². The number of ether oxygens (including phenoxy) is 1. The molecule has 116 valence electrons. The summed E-state index contributed by atoms with van der Waals surface area (Å²) < 4.78 is 5.39. The highest BCUT2D eigenvalue weighted by Gasteiger charge is 2.59. The molecule has 1 unspecified atom stereocenters. The molecule has 1 aromatic rings. The van der Waals surface area contributed by atoms with Gasteiger partial charge in [0, 0.05) is 12.5 Å². The lowest BCUT2D eigenvalue weighted by Crippen LogP contribution is -2.45. The Hall–Kier alpha value is -1.06. The van der Waals surface area contributed by atoms with E-state index in [1.165, 1.54) is 18.4 Å². The molecule has 1 N–H and O–H groups in total. The Balaban J connectivity index is 2.02. The van der Waals surface area contributed by atoms with E-state index in [-0.39, 0.29) is 0 Å². The predicted octanol–water partition coefficient (Wildman–Crippen LogP) is 2.80. The second-order valence-electron chi connectivity index (χ2n) is 7.14. The molecule has 0 radical (unpaired) electrons. The number of aryl methyl sites for hydroxylation is 1. The Labute approximate surface area is 127 Å². The molecule has 4 atom stereocenters. The summed E-state index contributed by atoms with van der Waals surface area (Å²) in [6, 6.07) is 6.11. The van der Waals surface area contributed by atoms with E-state index in [0.29, 0.717) is 11.8 Å². The third kappa shape index (κ3) is 2.47. The predicted molar refractivity (Wildman–Crippen MR) is 84.5 cm³/mol. The largest absolute Gasteiger partial charge is 0.497 e. The van der Waals surface area contributed by atoms with E-state index < -0.39 is 5.60 Å². The van der Waals surface area contributed by atoms with Crippen LogP contribution in [0.25, 0.3) is 0 Å². The number of fused-ring (bicyclic) bond motifs is 1. The van der Waals surface area contributed by atoms with Crippen LogP contribution in [0.3, 0.4) is 0 Å². The van der Waals surface area contributed by atoms with Crippen LogP contribution in [0.2, 0.25) is 0 Å². The molecule has 2 fully saturated rings. The fourth-order valence-electron chi connectivity index (χ4n) is 4.29. The van der Waals surface area contributed by atoms with Crippen molar-refractivity contribution >= 4 is 0 Å². The minimum absolute atomic E-state index is 0.307. The van der Waals surface area contributed by atoms with Crippen molar-refractivity contribution in [1.82, 2.24) is 4.90 Å². The summed E-state index contributed by atoms with van der Waals surface area (Å²) in [5, 5.41) is 11.7. The molecule has 0 aliphatic heterocycles. The minimum Gasteiger partial charge on any atom is -0.497 e. The SMILES string of the molecule is COc1ccc(C)c([C@@]2(O)C3C[C@H]3CC[C@@H]2CN(C)C)c1. The Morgan fingerprint density at radius 1 is 1.33 bits per heavy atom. The molecule has 0 heterocycles. The van der Waals surface area contributed by atoms with E-state index in [1.807, 2.05) is 6.07 Å². The average molecular weight is 289 g/mol. The summed E-state index contributed by atoms with van der Waals surface area (Å²) in [6.07, 6.45) is 3.57. The molecule has 0 saturated heterocycles. The second kappa shape index (κ2) is 5.29. The van der Waals surface area contributed by atoms with Crippen LogP contribution in [-0.4, -0.2) is 37.8 Å². The zero-order valence-electron chi connectivity index (χ0n) is 13.6. The maximum absolute atomic E-state index is 11.7. The molecule has 0 aromatic heterocycles. The standard InChI is InChI=1S/C18H27NO2/c1-12-5-8-15(21-4)10-16(12)18(20)14(11-19(2)3)7-6-13-9-17(13)18/h5,8,10,13-14,17,20H,6-7,9,11H2,1-4H3/t13-,14-,17?,18-/m1/s1. The van der Waals surface area contributed by atoms with Crippen molar-refractivity contribution < 1.29 is 9.84 Å². The lowest BCUT2D eigenvalue weighted by Gasteiger charge is -2.42. The van der Waals surface area contributed by atoms with E-state index >= 15 is 0 Å². The van der Waals surface area contributed by atoms with Crippen LogP contribution in [0, 0.1) is 24.7 Å². The summed E-state index contributed by atoms with van der Waals surface area (Å²) >= 11 is 0. The third-order valence-electron chi connectivity index (χ3n) is 5.46. The van der Waals surface area contributed by atoms with Gasteiger partial charge in [-0.25, -0.2) is 0 Å². The number of rotatable bonds is 4. The van der Waals surface area contributed by atoms with Crippen molar-refractivity contribution in [1.29, 1.82) is 0 Å². The van der Waals surface area contributed by atoms with Gasteiger partial charge in [0.15, 0.2) is 0 Å². The molecular formula is C18H27NO2. The van der Waals surface area contributed by atoms with Gasteiger partial charge in [-0.05, 0) is 75.4 Å². The molecule has 0 amide bonds. The molecule has 1 aromatic carbocycles. The fraction of sp³-hybridized carbons (Fsp3) is 0.667. The normalized spacial score (nSPS) is 34.7. The smallest absolute Gasteiger partial charge is 0.119 e. The first kappa shape index (κ1) is 14.9. The van der Waals surface area contributed by atoms with Gasteiger partial charge in [-0.15, -0.1) is 0 Å². The Bertz CT molecular complexity index is 528. The lowest BCUT2D eigenvalue weighted by atomic mass is 9.69. The van der Waals surface area contributed by atoms with Crippen LogP contribution in [0.1, 0.15) is 30.4 Å². The number of hydrogen-bond acceptors (Lipinski definition) is 3. The Morgan fingerprint density at radius 2 is 2.10 bits per heavy atom. The van der Waals surface area contributed by atoms with Gasteiger partial charge in [-0.1, -0.05) is 6.07 Å². The maximum atomic E-state index is 11.7. The van der Waals surface area contributed by atoms with Crippen molar-refractivity contribution in [3.05, 3.63) is 29.3 Å². The van der Waals surface area contributed by atoms with E-state index in [0.717, 1.165) is 30.2 Å². The second-order valence-corrected chi connectivity index (χ2v) is 7.14. The van der Waals surface area contributed by atoms with E-state index in [1.54, 1.807) is 7.11 Å². The minimum atomic E-state index is -0.689. The first-order valence-corrected chi connectivity index (χ1v) is 7.99. The number of hydrogen-bond donors (Lipinski definition) is 1. The van der Waals surface area contributed by atoms with E-state index in [4.69, 9.17) is 4.74 Å². The quantitative estimate of drug-likeness (QED) is 0.925. The van der Waals surface area contributed by atoms with Crippen molar-refractivity contribution in [3.63, 3.8) is 0 Å². The summed E-state index contributed by atoms with van der Waals surface area (Å²) in [4.78, 5) is 2.20. The molecule has 0 bridgehead atoms. The maximum Gasteiger partial charge on any atom is 0.119 e. The van der Waals surface area contributed by atoms with Crippen LogP contribution in [-0.2, 0) is 5.60 Å². The first-order valence-electron chi connectivity index (χ1n) is 7.99. The van der Waals surface area contributed by atoms with Gasteiger partial charge in [-0.2, -0.15) is 0 Å². The average Bonchev–Trinajstić information content (AvgIpc) is 3.23. The number of methoxy groups -OCH3 is 1.